The van der Waals surface area contributed by atoms with Gasteiger partial charge in [-0.15, -0.1) is 0 Å². The van der Waals surface area contributed by atoms with Gasteiger partial charge < -0.3 is 14.2 Å². The first-order valence-corrected chi connectivity index (χ1v) is 10.1. The molecule has 0 aliphatic rings. The Hall–Kier alpha value is -3.22. The fourth-order valence-electron chi connectivity index (χ4n) is 2.62. The Morgan fingerprint density at radius 2 is 1.77 bits per heavy atom. The zero-order valence-corrected chi connectivity index (χ0v) is 18.2. The molecule has 3 aromatic rings. The average molecular weight is 459 g/mol. The first-order valence-electron chi connectivity index (χ1n) is 9.29. The monoisotopic (exact) mass is 458 g/mol. The highest BCUT2D eigenvalue weighted by atomic mass is 35.5. The average Bonchev–Trinajstić information content (AvgIpc) is 2.77. The number of amides is 1. The van der Waals surface area contributed by atoms with Crippen molar-refractivity contribution in [2.24, 2.45) is 5.10 Å². The number of hydrogen-bond acceptors (Lipinski definition) is 5. The van der Waals surface area contributed by atoms with Crippen LogP contribution >= 0.6 is 23.2 Å². The Morgan fingerprint density at radius 1 is 1.00 bits per heavy atom. The van der Waals surface area contributed by atoms with Gasteiger partial charge in [-0.3, -0.25) is 4.79 Å². The highest BCUT2D eigenvalue weighted by Gasteiger charge is 2.10. The van der Waals surface area contributed by atoms with Gasteiger partial charge >= 0.3 is 0 Å². The van der Waals surface area contributed by atoms with E-state index < -0.39 is 5.91 Å². The highest BCUT2D eigenvalue weighted by Crippen LogP contribution is 2.31. The third-order valence-electron chi connectivity index (χ3n) is 4.08. The Labute approximate surface area is 190 Å². The number of ether oxygens (including phenoxy) is 3. The molecule has 31 heavy (non-hydrogen) atoms. The Kier molecular flexibility index (Phi) is 8.15. The molecule has 0 aromatic heterocycles. The van der Waals surface area contributed by atoms with E-state index in [2.05, 4.69) is 10.5 Å². The maximum Gasteiger partial charge on any atom is 0.277 e. The predicted octanol–water partition coefficient (Wildman–Crippen LogP) is 5.11. The van der Waals surface area contributed by atoms with E-state index >= 15 is 0 Å². The molecule has 8 heteroatoms. The van der Waals surface area contributed by atoms with Gasteiger partial charge in [-0.2, -0.15) is 5.10 Å². The molecule has 0 bridgehead atoms. The minimum atomic E-state index is -0.407. The molecule has 0 atom stereocenters. The summed E-state index contributed by atoms with van der Waals surface area (Å²) >= 11 is 11.8. The third kappa shape index (κ3) is 6.91. The molecular weight excluding hydrogens is 439 g/mol. The standard InChI is InChI=1S/C23H20Cl2N2O4/c1-29-21-7-3-5-17(23(21)31-14-16-4-2-6-19(25)12-16)13-26-27-22(28)15-30-20-10-8-18(24)9-11-20/h2-13H,14-15H2,1H3,(H,27,28)/b26-13+. The largest absolute Gasteiger partial charge is 0.493 e. The number of methoxy groups -OCH3 is 1. The Morgan fingerprint density at radius 3 is 2.52 bits per heavy atom. The second-order valence-electron chi connectivity index (χ2n) is 6.33. The zero-order valence-electron chi connectivity index (χ0n) is 16.7. The van der Waals surface area contributed by atoms with Crippen LogP contribution in [0.4, 0.5) is 0 Å². The van der Waals surface area contributed by atoms with Crippen molar-refractivity contribution < 1.29 is 19.0 Å². The molecule has 3 aromatic carbocycles. The van der Waals surface area contributed by atoms with Crippen LogP contribution in [-0.2, 0) is 11.4 Å². The van der Waals surface area contributed by atoms with Gasteiger partial charge in [-0.25, -0.2) is 5.43 Å². The molecular formula is C23H20Cl2N2O4. The summed E-state index contributed by atoms with van der Waals surface area (Å²) in [4.78, 5) is 12.0. The molecule has 160 valence electrons. The van der Waals surface area contributed by atoms with Crippen LogP contribution in [0.1, 0.15) is 11.1 Å². The molecule has 0 radical (unpaired) electrons. The van der Waals surface area contributed by atoms with Crippen molar-refractivity contribution in [3.8, 4) is 17.2 Å². The first-order chi connectivity index (χ1) is 15.0. The molecule has 0 spiro atoms. The van der Waals surface area contributed by atoms with Gasteiger partial charge in [0.15, 0.2) is 18.1 Å². The molecule has 0 aliphatic heterocycles. The lowest BCUT2D eigenvalue weighted by Crippen LogP contribution is -2.24. The van der Waals surface area contributed by atoms with E-state index in [1.54, 1.807) is 55.6 Å². The molecule has 0 fully saturated rings. The summed E-state index contributed by atoms with van der Waals surface area (Å²) in [5.74, 6) is 1.17. The number of hydrazone groups is 1. The van der Waals surface area contributed by atoms with Crippen molar-refractivity contribution in [3.05, 3.63) is 87.9 Å². The second-order valence-corrected chi connectivity index (χ2v) is 7.21. The fourth-order valence-corrected chi connectivity index (χ4v) is 2.96. The topological polar surface area (TPSA) is 69.2 Å². The van der Waals surface area contributed by atoms with Crippen LogP contribution in [0, 0.1) is 0 Å². The number of nitrogens with one attached hydrogen (secondary N) is 1. The number of hydrogen-bond donors (Lipinski definition) is 1. The number of benzene rings is 3. The SMILES string of the molecule is COc1cccc(/C=N/NC(=O)COc2ccc(Cl)cc2)c1OCc1cccc(Cl)c1. The van der Waals surface area contributed by atoms with Crippen molar-refractivity contribution in [2.75, 3.05) is 13.7 Å². The van der Waals surface area contributed by atoms with Crippen molar-refractivity contribution in [2.45, 2.75) is 6.61 Å². The van der Waals surface area contributed by atoms with Gasteiger partial charge in [0.2, 0.25) is 0 Å². The maximum absolute atomic E-state index is 12.0. The Balaban J connectivity index is 1.61. The van der Waals surface area contributed by atoms with E-state index in [1.165, 1.54) is 6.21 Å². The molecule has 0 heterocycles. The van der Waals surface area contributed by atoms with Crippen LogP contribution in [0.2, 0.25) is 10.0 Å². The minimum absolute atomic E-state index is 0.185. The van der Waals surface area contributed by atoms with Crippen LogP contribution in [0.25, 0.3) is 0 Å². The molecule has 1 amide bonds. The van der Waals surface area contributed by atoms with Crippen LogP contribution in [0.3, 0.4) is 0 Å². The molecule has 6 nitrogen and oxygen atoms in total. The number of nitrogens with zero attached hydrogens (tertiary/aromatic N) is 1. The lowest BCUT2D eigenvalue weighted by Gasteiger charge is -2.13. The van der Waals surface area contributed by atoms with Crippen LogP contribution in [0.15, 0.2) is 71.8 Å². The van der Waals surface area contributed by atoms with E-state index in [-0.39, 0.29) is 6.61 Å². The lowest BCUT2D eigenvalue weighted by molar-refractivity contribution is -0.123. The normalized spacial score (nSPS) is 10.7. The lowest BCUT2D eigenvalue weighted by atomic mass is 10.2. The predicted molar refractivity (Wildman–Crippen MR) is 121 cm³/mol. The van der Waals surface area contributed by atoms with Crippen molar-refractivity contribution in [3.63, 3.8) is 0 Å². The molecule has 0 saturated heterocycles. The smallest absolute Gasteiger partial charge is 0.277 e. The first kappa shape index (κ1) is 22.5. The quantitative estimate of drug-likeness (QED) is 0.357. The highest BCUT2D eigenvalue weighted by molar-refractivity contribution is 6.30. The summed E-state index contributed by atoms with van der Waals surface area (Å²) in [6.07, 6.45) is 1.48. The third-order valence-corrected chi connectivity index (χ3v) is 4.57. The molecule has 0 aliphatic carbocycles. The van der Waals surface area contributed by atoms with Gasteiger partial charge in [0.1, 0.15) is 12.4 Å². The molecule has 1 N–H and O–H groups in total. The van der Waals surface area contributed by atoms with Gasteiger partial charge in [0.05, 0.1) is 13.3 Å². The summed E-state index contributed by atoms with van der Waals surface area (Å²) < 4.78 is 16.7. The number of para-hydroxylation sites is 1. The number of rotatable bonds is 9. The summed E-state index contributed by atoms with van der Waals surface area (Å²) in [7, 11) is 1.55. The summed E-state index contributed by atoms with van der Waals surface area (Å²) in [6, 6.07) is 19.5. The van der Waals surface area contributed by atoms with Gasteiger partial charge in [-0.1, -0.05) is 41.4 Å². The van der Waals surface area contributed by atoms with E-state index in [9.17, 15) is 4.79 Å². The van der Waals surface area contributed by atoms with E-state index in [0.29, 0.717) is 39.5 Å². The molecule has 0 saturated carbocycles. The maximum atomic E-state index is 12.0. The second kappa shape index (κ2) is 11.2. The number of carbonyl (C=O) groups is 1. The molecule has 0 unspecified atom stereocenters. The van der Waals surface area contributed by atoms with Crippen LogP contribution in [-0.4, -0.2) is 25.8 Å². The van der Waals surface area contributed by atoms with Crippen LogP contribution in [0.5, 0.6) is 17.2 Å². The van der Waals surface area contributed by atoms with Crippen LogP contribution < -0.4 is 19.6 Å². The fraction of sp³-hybridized carbons (Fsp3) is 0.130. The van der Waals surface area contributed by atoms with Crippen molar-refractivity contribution >= 4 is 35.3 Å². The summed E-state index contributed by atoms with van der Waals surface area (Å²) in [5, 5.41) is 5.21. The van der Waals surface area contributed by atoms with Crippen molar-refractivity contribution in [1.82, 2.24) is 5.43 Å². The van der Waals surface area contributed by atoms with Gasteiger partial charge in [0.25, 0.3) is 5.91 Å². The zero-order chi connectivity index (χ0) is 22.1. The van der Waals surface area contributed by atoms with E-state index in [0.717, 1.165) is 5.56 Å². The van der Waals surface area contributed by atoms with Crippen molar-refractivity contribution in [1.29, 1.82) is 0 Å². The van der Waals surface area contributed by atoms with E-state index in [1.807, 2.05) is 18.2 Å². The number of carbonyl (C=O) groups excluding carboxylic acids is 1. The Bertz CT molecular complexity index is 1060. The number of halogens is 2. The summed E-state index contributed by atoms with van der Waals surface area (Å²) in [6.45, 7) is 0.109. The molecule has 3 rings (SSSR count). The summed E-state index contributed by atoms with van der Waals surface area (Å²) in [5.41, 5.74) is 3.97. The van der Waals surface area contributed by atoms with Gasteiger partial charge in [-0.05, 0) is 54.1 Å². The minimum Gasteiger partial charge on any atom is -0.493 e. The van der Waals surface area contributed by atoms with E-state index in [4.69, 9.17) is 37.4 Å². The van der Waals surface area contributed by atoms with Gasteiger partial charge in [0, 0.05) is 15.6 Å².